The van der Waals surface area contributed by atoms with Gasteiger partial charge in [-0.2, -0.15) is 18.4 Å². The van der Waals surface area contributed by atoms with Crippen molar-refractivity contribution < 1.29 is 27.2 Å². The van der Waals surface area contributed by atoms with Gasteiger partial charge in [0.05, 0.1) is 23.0 Å². The number of thiocarbonyl (C=S) groups is 1. The molecular weight excluding hydrogens is 536 g/mol. The minimum Gasteiger partial charge on any atom is -0.352 e. The Kier molecular flexibility index (Phi) is 7.02. The number of pyridine rings is 1. The Morgan fingerprint density at radius 1 is 1.23 bits per heavy atom. The molecule has 5 rings (SSSR count). The summed E-state index contributed by atoms with van der Waals surface area (Å²) in [4.78, 5) is 32.2. The summed E-state index contributed by atoms with van der Waals surface area (Å²) < 4.78 is 55.9. The molecule has 1 aromatic carbocycles. The first-order valence-electron chi connectivity index (χ1n) is 12.5. The molecule has 2 saturated heterocycles. The fourth-order valence-electron chi connectivity index (χ4n) is 5.33. The van der Waals surface area contributed by atoms with E-state index in [2.05, 4.69) is 15.6 Å². The fourth-order valence-corrected chi connectivity index (χ4v) is 5.80. The second kappa shape index (κ2) is 10.2. The maximum atomic E-state index is 15.2. The number of hydrogen-bond donors (Lipinski definition) is 2. The van der Waals surface area contributed by atoms with E-state index in [-0.39, 0.29) is 22.1 Å². The Bertz CT molecular complexity index is 1380. The number of rotatable bonds is 5. The van der Waals surface area contributed by atoms with Crippen LogP contribution in [0, 0.1) is 23.1 Å². The van der Waals surface area contributed by atoms with Gasteiger partial charge in [-0.3, -0.25) is 14.5 Å². The van der Waals surface area contributed by atoms with Crippen molar-refractivity contribution in [2.24, 2.45) is 5.92 Å². The summed E-state index contributed by atoms with van der Waals surface area (Å²) in [6, 6.07) is 5.98. The smallest absolute Gasteiger partial charge is 0.352 e. The molecule has 2 N–H and O–H groups in total. The number of alkyl halides is 3. The lowest BCUT2D eigenvalue weighted by Gasteiger charge is -2.43. The highest BCUT2D eigenvalue weighted by atomic mass is 32.1. The summed E-state index contributed by atoms with van der Waals surface area (Å²) in [6.07, 6.45) is -0.668. The maximum Gasteiger partial charge on any atom is 0.419 e. The van der Waals surface area contributed by atoms with E-state index in [1.807, 2.05) is 0 Å². The van der Waals surface area contributed by atoms with Crippen molar-refractivity contribution in [2.45, 2.75) is 43.8 Å². The van der Waals surface area contributed by atoms with Gasteiger partial charge >= 0.3 is 6.18 Å². The molecule has 2 amide bonds. The van der Waals surface area contributed by atoms with E-state index in [9.17, 15) is 22.8 Å². The highest BCUT2D eigenvalue weighted by Gasteiger charge is 2.60. The molecule has 2 aromatic rings. The van der Waals surface area contributed by atoms with Crippen molar-refractivity contribution in [1.29, 1.82) is 5.26 Å². The van der Waals surface area contributed by atoms with Gasteiger partial charge in [-0.25, -0.2) is 9.37 Å². The fraction of sp³-hybridized carbons (Fsp3) is 0.423. The first kappa shape index (κ1) is 27.0. The predicted octanol–water partition coefficient (Wildman–Crippen LogP) is 3.90. The van der Waals surface area contributed by atoms with Gasteiger partial charge in [0.1, 0.15) is 17.4 Å². The number of nitrogens with one attached hydrogen (secondary N) is 2. The van der Waals surface area contributed by atoms with Crippen LogP contribution in [-0.2, 0) is 11.0 Å². The predicted molar refractivity (Wildman–Crippen MR) is 137 cm³/mol. The number of benzene rings is 1. The Morgan fingerprint density at radius 2 is 1.95 bits per heavy atom. The van der Waals surface area contributed by atoms with Crippen LogP contribution < -0.4 is 20.4 Å². The number of nitrogens with zero attached hydrogens (tertiary/aromatic N) is 4. The molecule has 0 bridgehead atoms. The van der Waals surface area contributed by atoms with E-state index in [4.69, 9.17) is 17.5 Å². The molecule has 0 atom stereocenters. The third-order valence-corrected chi connectivity index (χ3v) is 7.97. The topological polar surface area (TPSA) is 101 Å². The number of amides is 2. The normalized spacial score (nSPS) is 19.3. The second-order valence-corrected chi connectivity index (χ2v) is 10.3. The van der Waals surface area contributed by atoms with Gasteiger partial charge in [0, 0.05) is 12.2 Å². The van der Waals surface area contributed by atoms with E-state index >= 15 is 4.39 Å². The monoisotopic (exact) mass is 560 g/mol. The molecule has 204 valence electrons. The average molecular weight is 561 g/mol. The van der Waals surface area contributed by atoms with Crippen LogP contribution in [0.25, 0.3) is 0 Å². The average Bonchev–Trinajstić information content (AvgIpc) is 3.13. The van der Waals surface area contributed by atoms with Crippen molar-refractivity contribution in [3.05, 3.63) is 53.1 Å². The lowest BCUT2D eigenvalue weighted by Crippen LogP contribution is -2.55. The van der Waals surface area contributed by atoms with Crippen LogP contribution in [0.1, 0.15) is 53.7 Å². The zero-order valence-electron chi connectivity index (χ0n) is 20.6. The molecule has 0 unspecified atom stereocenters. The first-order valence-corrected chi connectivity index (χ1v) is 12.9. The number of carbonyl (C=O) groups excluding carboxylic acids is 2. The molecule has 8 nitrogen and oxygen atoms in total. The molecule has 13 heteroatoms. The van der Waals surface area contributed by atoms with Gasteiger partial charge in [-0.15, -0.1) is 0 Å². The highest BCUT2D eigenvalue weighted by Crippen LogP contribution is 2.48. The Balaban J connectivity index is 1.43. The van der Waals surface area contributed by atoms with E-state index < -0.39 is 40.6 Å². The number of nitriles is 1. The van der Waals surface area contributed by atoms with Gasteiger partial charge in [0.15, 0.2) is 10.8 Å². The third kappa shape index (κ3) is 4.72. The van der Waals surface area contributed by atoms with Crippen molar-refractivity contribution >= 4 is 40.5 Å². The number of aromatic nitrogens is 1. The van der Waals surface area contributed by atoms with E-state index in [0.717, 1.165) is 43.1 Å². The summed E-state index contributed by atoms with van der Waals surface area (Å²) in [5.41, 5.74) is -3.48. The number of anilines is 2. The number of hydrogen-bond acceptors (Lipinski definition) is 6. The molecular formula is C26H24F4N6O2S. The van der Waals surface area contributed by atoms with Crippen LogP contribution in [0.2, 0.25) is 0 Å². The largest absolute Gasteiger partial charge is 0.419 e. The van der Waals surface area contributed by atoms with Crippen molar-refractivity contribution in [3.8, 4) is 6.07 Å². The minimum atomic E-state index is -4.88. The molecule has 3 heterocycles. The van der Waals surface area contributed by atoms with Crippen LogP contribution in [0.5, 0.6) is 0 Å². The molecule has 1 aromatic heterocycles. The van der Waals surface area contributed by atoms with Crippen LogP contribution >= 0.6 is 12.2 Å². The summed E-state index contributed by atoms with van der Waals surface area (Å²) in [7, 11) is 0. The van der Waals surface area contributed by atoms with Crippen molar-refractivity contribution in [3.63, 3.8) is 0 Å². The van der Waals surface area contributed by atoms with E-state index in [0.29, 0.717) is 37.8 Å². The van der Waals surface area contributed by atoms with Crippen LogP contribution in [-0.4, -0.2) is 47.1 Å². The standard InChI is InChI=1S/C26H24F4N6O2S/c27-20-11-16(2-3-18(20)22(37)34-13-15-4-8-32-9-5-15)36-24(39)35(23(38)25(36)6-1-7-25)17-10-19(26(28,29)30)21(12-31)33-14-17/h2-3,10-11,14-15,32H,1,4-9,13H2,(H,34,37). The molecule has 39 heavy (non-hydrogen) atoms. The summed E-state index contributed by atoms with van der Waals surface area (Å²) in [5.74, 6) is -1.61. The van der Waals surface area contributed by atoms with Crippen molar-refractivity contribution in [2.75, 3.05) is 29.4 Å². The van der Waals surface area contributed by atoms with Crippen molar-refractivity contribution in [1.82, 2.24) is 15.6 Å². The summed E-state index contributed by atoms with van der Waals surface area (Å²) in [5, 5.41) is 14.9. The highest BCUT2D eigenvalue weighted by molar-refractivity contribution is 7.81. The van der Waals surface area contributed by atoms with Gasteiger partial charge < -0.3 is 15.5 Å². The van der Waals surface area contributed by atoms with Gasteiger partial charge in [0.2, 0.25) is 0 Å². The molecule has 1 saturated carbocycles. The molecule has 3 fully saturated rings. The SMILES string of the molecule is N#Cc1ncc(N2C(=O)C3(CCC3)N(c3ccc(C(=O)NCC4CCNCC4)c(F)c3)C2=S)cc1C(F)(F)F. The Morgan fingerprint density at radius 3 is 2.54 bits per heavy atom. The summed E-state index contributed by atoms with van der Waals surface area (Å²) >= 11 is 5.54. The van der Waals surface area contributed by atoms with Gasteiger partial charge in [-0.05, 0) is 87.6 Å². The molecule has 1 spiro atoms. The van der Waals surface area contributed by atoms with E-state index in [1.54, 1.807) is 0 Å². The zero-order chi connectivity index (χ0) is 27.9. The van der Waals surface area contributed by atoms with Gasteiger partial charge in [0.25, 0.3) is 11.8 Å². The van der Waals surface area contributed by atoms with E-state index in [1.165, 1.54) is 23.1 Å². The Labute approximate surface area is 227 Å². The first-order chi connectivity index (χ1) is 18.6. The minimum absolute atomic E-state index is 0.137. The van der Waals surface area contributed by atoms with Crippen LogP contribution in [0.15, 0.2) is 30.5 Å². The zero-order valence-corrected chi connectivity index (χ0v) is 21.5. The summed E-state index contributed by atoms with van der Waals surface area (Å²) in [6.45, 7) is 2.17. The molecule has 2 aliphatic heterocycles. The molecule has 1 aliphatic carbocycles. The lowest BCUT2D eigenvalue weighted by molar-refractivity contribution is -0.138. The third-order valence-electron chi connectivity index (χ3n) is 7.60. The maximum absolute atomic E-state index is 15.2. The van der Waals surface area contributed by atoms with Gasteiger partial charge in [-0.1, -0.05) is 0 Å². The Hall–Kier alpha value is -3.63. The number of carbonyl (C=O) groups is 2. The molecule has 0 radical (unpaired) electrons. The second-order valence-electron chi connectivity index (χ2n) is 9.91. The number of piperidine rings is 1. The molecule has 3 aliphatic rings. The lowest BCUT2D eigenvalue weighted by atomic mass is 9.75. The quantitative estimate of drug-likeness (QED) is 0.423. The number of halogens is 4. The van der Waals surface area contributed by atoms with Crippen LogP contribution in [0.4, 0.5) is 28.9 Å². The van der Waals surface area contributed by atoms with Crippen LogP contribution in [0.3, 0.4) is 0 Å².